The lowest BCUT2D eigenvalue weighted by Crippen LogP contribution is -2.13. The Bertz CT molecular complexity index is 889. The molecule has 3 rings (SSSR count). The van der Waals surface area contributed by atoms with Crippen molar-refractivity contribution in [1.82, 2.24) is 19.5 Å². The molecule has 0 amide bonds. The molecular formula is C16H15ClN4O2. The van der Waals surface area contributed by atoms with Crippen molar-refractivity contribution >= 4 is 28.6 Å². The topological polar surface area (TPSA) is 69.9 Å². The summed E-state index contributed by atoms with van der Waals surface area (Å²) in [5.41, 5.74) is 2.27. The van der Waals surface area contributed by atoms with E-state index >= 15 is 0 Å². The molecule has 0 aliphatic heterocycles. The maximum Gasteiger partial charge on any atom is 0.342 e. The molecule has 0 spiro atoms. The lowest BCUT2D eigenvalue weighted by molar-refractivity contribution is 0.0378. The van der Waals surface area contributed by atoms with Gasteiger partial charge in [0.15, 0.2) is 0 Å². The molecule has 0 atom stereocenters. The number of carbonyl (C=O) groups excluding carboxylic acids is 1. The van der Waals surface area contributed by atoms with Crippen molar-refractivity contribution in [2.75, 3.05) is 0 Å². The molecule has 3 aromatic rings. The number of aromatic nitrogens is 4. The first-order chi connectivity index (χ1) is 11.0. The lowest BCUT2D eigenvalue weighted by atomic mass is 10.1. The minimum atomic E-state index is -0.479. The van der Waals surface area contributed by atoms with Crippen LogP contribution in [0.3, 0.4) is 0 Å². The first kappa shape index (κ1) is 15.4. The number of hydrogen-bond donors (Lipinski definition) is 0. The molecule has 3 heterocycles. The van der Waals surface area contributed by atoms with Crippen molar-refractivity contribution in [3.63, 3.8) is 0 Å². The monoisotopic (exact) mass is 330 g/mol. The Balaban J connectivity index is 2.22. The fraction of sp³-hybridized carbons (Fsp3) is 0.250. The molecule has 0 radical (unpaired) electrons. The van der Waals surface area contributed by atoms with Gasteiger partial charge >= 0.3 is 5.97 Å². The highest BCUT2D eigenvalue weighted by molar-refractivity contribution is 6.28. The van der Waals surface area contributed by atoms with E-state index in [-0.39, 0.29) is 17.0 Å². The first-order valence-corrected chi connectivity index (χ1v) is 7.49. The van der Waals surface area contributed by atoms with Gasteiger partial charge in [-0.05, 0) is 37.6 Å². The number of hydrogen-bond acceptors (Lipinski definition) is 5. The first-order valence-electron chi connectivity index (χ1n) is 7.11. The van der Waals surface area contributed by atoms with Crippen LogP contribution in [0.25, 0.3) is 22.3 Å². The number of esters is 1. The van der Waals surface area contributed by atoms with Gasteiger partial charge in [0.2, 0.25) is 5.28 Å². The van der Waals surface area contributed by atoms with Gasteiger partial charge in [0.05, 0.1) is 11.8 Å². The van der Waals surface area contributed by atoms with Crippen LogP contribution >= 0.6 is 11.6 Å². The van der Waals surface area contributed by atoms with E-state index in [0.29, 0.717) is 5.69 Å². The molecule has 6 nitrogen and oxygen atoms in total. The van der Waals surface area contributed by atoms with Gasteiger partial charge < -0.3 is 9.30 Å². The number of pyridine rings is 1. The Labute approximate surface area is 138 Å². The zero-order chi connectivity index (χ0) is 16.6. The summed E-state index contributed by atoms with van der Waals surface area (Å²) >= 11 is 5.94. The Morgan fingerprint density at radius 2 is 2.13 bits per heavy atom. The molecule has 0 bridgehead atoms. The molecule has 0 saturated carbocycles. The second-order valence-corrected chi connectivity index (χ2v) is 5.72. The molecule has 0 aliphatic carbocycles. The van der Waals surface area contributed by atoms with Crippen LogP contribution in [0.15, 0.2) is 30.7 Å². The van der Waals surface area contributed by atoms with Crippen LogP contribution in [-0.4, -0.2) is 31.6 Å². The summed E-state index contributed by atoms with van der Waals surface area (Å²) in [5.74, 6) is -0.479. The van der Waals surface area contributed by atoms with E-state index in [1.807, 2.05) is 29.9 Å². The zero-order valence-corrected chi connectivity index (χ0v) is 13.7. The van der Waals surface area contributed by atoms with Crippen LogP contribution in [0, 0.1) is 0 Å². The van der Waals surface area contributed by atoms with Gasteiger partial charge in [0.25, 0.3) is 0 Å². The predicted octanol–water partition coefficient (Wildman–Crippen LogP) is 3.25. The Morgan fingerprint density at radius 3 is 2.87 bits per heavy atom. The zero-order valence-electron chi connectivity index (χ0n) is 12.9. The highest BCUT2D eigenvalue weighted by Gasteiger charge is 2.21. The second kappa shape index (κ2) is 5.96. The van der Waals surface area contributed by atoms with Crippen molar-refractivity contribution in [3.05, 3.63) is 41.6 Å². The molecule has 0 saturated heterocycles. The van der Waals surface area contributed by atoms with Crippen molar-refractivity contribution in [3.8, 4) is 11.3 Å². The third-order valence-electron chi connectivity index (χ3n) is 3.31. The van der Waals surface area contributed by atoms with Gasteiger partial charge in [0, 0.05) is 36.6 Å². The minimum absolute atomic E-state index is 0.0713. The van der Waals surface area contributed by atoms with Crippen molar-refractivity contribution in [2.45, 2.75) is 20.0 Å². The van der Waals surface area contributed by atoms with E-state index in [9.17, 15) is 4.79 Å². The Hall–Kier alpha value is -2.47. The molecule has 7 heteroatoms. The molecule has 0 N–H and O–H groups in total. The smallest absolute Gasteiger partial charge is 0.342 e. The van der Waals surface area contributed by atoms with E-state index < -0.39 is 5.97 Å². The maximum atomic E-state index is 12.3. The standard InChI is InChI=1S/C16H15ClN4O2/c1-9(2)23-15(22)11-7-19-16(17)20-13(11)12-8-21(3)14-10(12)5-4-6-18-14/h4-9H,1-3H3. The second-order valence-electron chi connectivity index (χ2n) is 5.38. The summed E-state index contributed by atoms with van der Waals surface area (Å²) in [6, 6.07) is 3.76. The van der Waals surface area contributed by atoms with Gasteiger partial charge in [-0.15, -0.1) is 0 Å². The number of aryl methyl sites for hydroxylation is 1. The van der Waals surface area contributed by atoms with Gasteiger partial charge in [0.1, 0.15) is 11.2 Å². The number of halogens is 1. The largest absolute Gasteiger partial charge is 0.459 e. The summed E-state index contributed by atoms with van der Waals surface area (Å²) in [6.07, 6.45) is 4.74. The summed E-state index contributed by atoms with van der Waals surface area (Å²) in [5, 5.41) is 0.949. The summed E-state index contributed by atoms with van der Waals surface area (Å²) in [4.78, 5) is 24.8. The van der Waals surface area contributed by atoms with Crippen molar-refractivity contribution in [1.29, 1.82) is 0 Å². The normalized spacial score (nSPS) is 11.2. The van der Waals surface area contributed by atoms with Gasteiger partial charge in [-0.2, -0.15) is 0 Å². The maximum absolute atomic E-state index is 12.3. The predicted molar refractivity (Wildman–Crippen MR) is 87.3 cm³/mol. The highest BCUT2D eigenvalue weighted by Crippen LogP contribution is 2.31. The van der Waals surface area contributed by atoms with E-state index in [2.05, 4.69) is 15.0 Å². The third kappa shape index (κ3) is 2.90. The average Bonchev–Trinajstić information content (AvgIpc) is 2.84. The fourth-order valence-corrected chi connectivity index (χ4v) is 2.53. The minimum Gasteiger partial charge on any atom is -0.459 e. The number of carbonyl (C=O) groups is 1. The average molecular weight is 331 g/mol. The van der Waals surface area contributed by atoms with Crippen molar-refractivity contribution < 1.29 is 9.53 Å². The highest BCUT2D eigenvalue weighted by atomic mass is 35.5. The summed E-state index contributed by atoms with van der Waals surface area (Å²) < 4.78 is 7.15. The van der Waals surface area contributed by atoms with E-state index in [4.69, 9.17) is 16.3 Å². The van der Waals surface area contributed by atoms with Crippen LogP contribution in [0.1, 0.15) is 24.2 Å². The summed E-state index contributed by atoms with van der Waals surface area (Å²) in [6.45, 7) is 3.58. The van der Waals surface area contributed by atoms with E-state index in [1.54, 1.807) is 20.0 Å². The molecule has 118 valence electrons. The molecule has 23 heavy (non-hydrogen) atoms. The number of rotatable bonds is 3. The van der Waals surface area contributed by atoms with Gasteiger partial charge in [-0.25, -0.2) is 19.7 Å². The number of ether oxygens (including phenoxy) is 1. The molecular weight excluding hydrogens is 316 g/mol. The molecule has 0 aromatic carbocycles. The number of fused-ring (bicyclic) bond motifs is 1. The van der Waals surface area contributed by atoms with Gasteiger partial charge in [-0.3, -0.25) is 0 Å². The van der Waals surface area contributed by atoms with E-state index in [1.165, 1.54) is 6.20 Å². The number of nitrogens with zero attached hydrogens (tertiary/aromatic N) is 4. The SMILES string of the molecule is CC(C)OC(=O)c1cnc(Cl)nc1-c1cn(C)c2ncccc12. The lowest BCUT2D eigenvalue weighted by Gasteiger charge is -2.10. The quantitative estimate of drug-likeness (QED) is 0.544. The van der Waals surface area contributed by atoms with Crippen LogP contribution in [0.2, 0.25) is 5.28 Å². The van der Waals surface area contributed by atoms with Crippen LogP contribution in [0.5, 0.6) is 0 Å². The summed E-state index contributed by atoms with van der Waals surface area (Å²) in [7, 11) is 1.88. The Morgan fingerprint density at radius 1 is 1.35 bits per heavy atom. The molecule has 0 unspecified atom stereocenters. The fourth-order valence-electron chi connectivity index (χ4n) is 2.39. The van der Waals surface area contributed by atoms with Crippen LogP contribution in [0.4, 0.5) is 0 Å². The molecule has 0 aliphatic rings. The Kier molecular flexibility index (Phi) is 4.00. The van der Waals surface area contributed by atoms with E-state index in [0.717, 1.165) is 16.6 Å². The van der Waals surface area contributed by atoms with Crippen molar-refractivity contribution in [2.24, 2.45) is 7.05 Å². The van der Waals surface area contributed by atoms with Gasteiger partial charge in [-0.1, -0.05) is 0 Å². The molecule has 3 aromatic heterocycles. The van der Waals surface area contributed by atoms with Crippen LogP contribution < -0.4 is 0 Å². The third-order valence-corrected chi connectivity index (χ3v) is 3.49. The molecule has 0 fully saturated rings. The van der Waals surface area contributed by atoms with Crippen LogP contribution in [-0.2, 0) is 11.8 Å².